The van der Waals surface area contributed by atoms with E-state index in [0.717, 1.165) is 11.3 Å². The highest BCUT2D eigenvalue weighted by Gasteiger charge is 2.17. The van der Waals surface area contributed by atoms with Crippen molar-refractivity contribution in [3.63, 3.8) is 0 Å². The Morgan fingerprint density at radius 1 is 1.53 bits per heavy atom. The van der Waals surface area contributed by atoms with Crippen LogP contribution in [-0.2, 0) is 0 Å². The minimum Gasteiger partial charge on any atom is -0.508 e. The van der Waals surface area contributed by atoms with E-state index in [9.17, 15) is 9.90 Å². The number of nitriles is 1. The van der Waals surface area contributed by atoms with E-state index < -0.39 is 9.85 Å². The molecule has 1 heterocycles. The third kappa shape index (κ3) is 2.78. The van der Waals surface area contributed by atoms with Crippen molar-refractivity contribution in [2.24, 2.45) is 0 Å². The van der Waals surface area contributed by atoms with Gasteiger partial charge in [-0.3, -0.25) is 4.79 Å². The number of aromatic nitrogens is 1. The van der Waals surface area contributed by atoms with Gasteiger partial charge in [-0.15, -0.1) is 22.9 Å². The van der Waals surface area contributed by atoms with Crippen LogP contribution in [0.5, 0.6) is 0 Å². The highest BCUT2D eigenvalue weighted by molar-refractivity contribution is 9.10. The number of halogens is 2. The van der Waals surface area contributed by atoms with Gasteiger partial charge in [-0.2, -0.15) is 10.2 Å². The van der Waals surface area contributed by atoms with Crippen molar-refractivity contribution in [1.29, 1.82) is 5.26 Å². The van der Waals surface area contributed by atoms with Crippen molar-refractivity contribution < 1.29 is 5.11 Å². The van der Waals surface area contributed by atoms with Gasteiger partial charge in [0, 0.05) is 4.70 Å². The molecule has 0 bridgehead atoms. The maximum absolute atomic E-state index is 11.8. The zero-order valence-electron chi connectivity index (χ0n) is 9.30. The Kier molecular flexibility index (Phi) is 4.20. The van der Waals surface area contributed by atoms with Gasteiger partial charge in [-0.1, -0.05) is 28.1 Å². The number of fused-ring (bicyclic) bond motifs is 1. The van der Waals surface area contributed by atoms with Crippen LogP contribution >= 0.6 is 38.9 Å². The fraction of sp³-hybridized carbons (Fsp3) is 0.0833. The maximum Gasteiger partial charge on any atom is 0.279 e. The molecule has 96 valence electrons. The molecule has 0 saturated heterocycles. The molecule has 0 aliphatic rings. The summed E-state index contributed by atoms with van der Waals surface area (Å²) in [5.41, 5.74) is -0.546. The number of alkyl halides is 2. The second-order valence-electron chi connectivity index (χ2n) is 3.49. The first kappa shape index (κ1) is 14.0. The number of hydrogen-bond acceptors (Lipinski definition) is 5. The lowest BCUT2D eigenvalue weighted by Gasteiger charge is -2.04. The standard InChI is InChI=1S/C12H6BrClN2O2S/c13-10(14)9(17)7(5-15)12-16-11(18)6-3-1-2-4-8(6)19-12/h1-4,10,17H/b9-7-. The molecule has 2 rings (SSSR count). The zero-order valence-corrected chi connectivity index (χ0v) is 12.5. The number of hydrogen-bond donors (Lipinski definition) is 1. The summed E-state index contributed by atoms with van der Waals surface area (Å²) in [6.45, 7) is 0. The molecule has 4 nitrogen and oxygen atoms in total. The Bertz CT molecular complexity index is 764. The number of rotatable bonds is 2. The average Bonchev–Trinajstić information content (AvgIpc) is 2.39. The molecule has 0 radical (unpaired) electrons. The summed E-state index contributed by atoms with van der Waals surface area (Å²) in [6.07, 6.45) is 0. The lowest BCUT2D eigenvalue weighted by Crippen LogP contribution is -2.08. The van der Waals surface area contributed by atoms with Gasteiger partial charge in [0.15, 0.2) is 0 Å². The van der Waals surface area contributed by atoms with Crippen LogP contribution < -0.4 is 5.56 Å². The Labute approximate surface area is 125 Å². The SMILES string of the molecule is N#C/C(=C(/O)C(Cl)Br)c1nc(=O)c2ccccc2s1. The summed E-state index contributed by atoms with van der Waals surface area (Å²) >= 11 is 9.77. The quantitative estimate of drug-likeness (QED) is 0.508. The molecule has 0 amide bonds. The average molecular weight is 358 g/mol. The molecule has 1 aromatic heterocycles. The monoisotopic (exact) mass is 356 g/mol. The van der Waals surface area contributed by atoms with E-state index in [1.54, 1.807) is 24.3 Å². The third-order valence-corrected chi connectivity index (χ3v) is 4.02. The van der Waals surface area contributed by atoms with Gasteiger partial charge in [0.05, 0.1) is 5.39 Å². The fourth-order valence-electron chi connectivity index (χ4n) is 1.44. The first-order valence-corrected chi connectivity index (χ1v) is 7.23. The summed E-state index contributed by atoms with van der Waals surface area (Å²) in [6, 6.07) is 8.76. The van der Waals surface area contributed by atoms with E-state index in [4.69, 9.17) is 16.9 Å². The molecule has 2 aromatic rings. The molecule has 7 heteroatoms. The van der Waals surface area contributed by atoms with Crippen molar-refractivity contribution in [3.05, 3.63) is 45.4 Å². The Morgan fingerprint density at radius 2 is 2.21 bits per heavy atom. The first-order valence-electron chi connectivity index (χ1n) is 5.06. The van der Waals surface area contributed by atoms with Crippen LogP contribution in [0, 0.1) is 11.3 Å². The third-order valence-electron chi connectivity index (χ3n) is 2.32. The van der Waals surface area contributed by atoms with Crippen molar-refractivity contribution in [2.45, 2.75) is 4.29 Å². The molecule has 0 fully saturated rings. The van der Waals surface area contributed by atoms with E-state index in [-0.39, 0.29) is 16.3 Å². The summed E-state index contributed by atoms with van der Waals surface area (Å²) in [4.78, 5) is 15.7. The number of benzene rings is 1. The highest BCUT2D eigenvalue weighted by Crippen LogP contribution is 2.27. The second-order valence-corrected chi connectivity index (χ2v) is 6.40. The van der Waals surface area contributed by atoms with E-state index in [1.165, 1.54) is 0 Å². The van der Waals surface area contributed by atoms with Gasteiger partial charge in [0.2, 0.25) is 0 Å². The van der Waals surface area contributed by atoms with Gasteiger partial charge >= 0.3 is 0 Å². The van der Waals surface area contributed by atoms with Crippen molar-refractivity contribution in [2.75, 3.05) is 0 Å². The second kappa shape index (κ2) is 5.70. The Morgan fingerprint density at radius 3 is 2.84 bits per heavy atom. The number of nitrogens with zero attached hydrogens (tertiary/aromatic N) is 2. The van der Waals surface area contributed by atoms with E-state index in [0.29, 0.717) is 10.1 Å². The predicted molar refractivity (Wildman–Crippen MR) is 79.6 cm³/mol. The lowest BCUT2D eigenvalue weighted by molar-refractivity contribution is 0.415. The van der Waals surface area contributed by atoms with Crippen LogP contribution in [0.3, 0.4) is 0 Å². The van der Waals surface area contributed by atoms with E-state index in [1.807, 2.05) is 6.07 Å². The van der Waals surface area contributed by atoms with Crippen molar-refractivity contribution in [1.82, 2.24) is 4.98 Å². The van der Waals surface area contributed by atoms with Gasteiger partial charge < -0.3 is 5.11 Å². The fourth-order valence-corrected chi connectivity index (χ4v) is 2.78. The molecule has 0 aliphatic heterocycles. The molecular weight excluding hydrogens is 352 g/mol. The Balaban J connectivity index is 2.74. The molecule has 19 heavy (non-hydrogen) atoms. The van der Waals surface area contributed by atoms with Crippen molar-refractivity contribution in [3.8, 4) is 6.07 Å². The smallest absolute Gasteiger partial charge is 0.279 e. The van der Waals surface area contributed by atoms with Crippen LogP contribution in [0.2, 0.25) is 0 Å². The normalized spacial score (nSPS) is 13.7. The van der Waals surface area contributed by atoms with Gasteiger partial charge in [-0.05, 0) is 12.1 Å². The molecule has 0 aliphatic carbocycles. The largest absolute Gasteiger partial charge is 0.508 e. The minimum absolute atomic E-state index is 0.107. The minimum atomic E-state index is -0.905. The number of aliphatic hydroxyl groups is 1. The lowest BCUT2D eigenvalue weighted by atomic mass is 10.2. The molecule has 1 unspecified atom stereocenters. The zero-order chi connectivity index (χ0) is 14.0. The molecular formula is C12H6BrClN2O2S. The highest BCUT2D eigenvalue weighted by atomic mass is 79.9. The topological polar surface area (TPSA) is 74.0 Å². The molecule has 1 aromatic carbocycles. The molecule has 0 spiro atoms. The predicted octanol–water partition coefficient (Wildman–Crippen LogP) is 3.41. The first-order chi connectivity index (χ1) is 9.04. The maximum atomic E-state index is 11.8. The van der Waals surface area contributed by atoms with Crippen molar-refractivity contribution >= 4 is 54.5 Å². The number of aliphatic hydroxyl groups excluding tert-OH is 1. The Hall–Kier alpha value is -1.42. The van der Waals surface area contributed by atoms with Crippen LogP contribution in [0.25, 0.3) is 15.7 Å². The van der Waals surface area contributed by atoms with E-state index in [2.05, 4.69) is 20.9 Å². The number of allylic oxidation sites excluding steroid dienone is 2. The van der Waals surface area contributed by atoms with Crippen LogP contribution in [0.1, 0.15) is 5.01 Å². The van der Waals surface area contributed by atoms with E-state index >= 15 is 0 Å². The van der Waals surface area contributed by atoms with Gasteiger partial charge in [0.1, 0.15) is 26.7 Å². The van der Waals surface area contributed by atoms with Crippen LogP contribution in [0.4, 0.5) is 0 Å². The summed E-state index contributed by atoms with van der Waals surface area (Å²) < 4.78 is -0.212. The van der Waals surface area contributed by atoms with Crippen LogP contribution in [0.15, 0.2) is 34.8 Å². The van der Waals surface area contributed by atoms with Gasteiger partial charge in [-0.25, -0.2) is 0 Å². The summed E-state index contributed by atoms with van der Waals surface area (Å²) in [7, 11) is 0. The van der Waals surface area contributed by atoms with Crippen LogP contribution in [-0.4, -0.2) is 14.4 Å². The summed E-state index contributed by atoms with van der Waals surface area (Å²) in [5.74, 6) is -0.359. The summed E-state index contributed by atoms with van der Waals surface area (Å²) in [5, 5.41) is 19.5. The molecule has 1 atom stereocenters. The molecule has 0 saturated carbocycles. The van der Waals surface area contributed by atoms with Gasteiger partial charge in [0.25, 0.3) is 5.56 Å². The molecule has 1 N–H and O–H groups in total.